The Bertz CT molecular complexity index is 415. The van der Waals surface area contributed by atoms with Crippen molar-refractivity contribution in [3.8, 4) is 11.5 Å². The maximum atomic E-state index is 5.37. The Hall–Kier alpha value is -1.22. The molecule has 0 aromatic heterocycles. The molecule has 1 saturated carbocycles. The number of methoxy groups -OCH3 is 2. The largest absolute Gasteiger partial charge is 0.493 e. The summed E-state index contributed by atoms with van der Waals surface area (Å²) in [6.07, 6.45) is 3.95. The van der Waals surface area contributed by atoms with Crippen LogP contribution in [0, 0.1) is 5.92 Å². The van der Waals surface area contributed by atoms with Gasteiger partial charge in [-0.15, -0.1) is 0 Å². The molecular weight excluding hydrogens is 238 g/mol. The highest BCUT2D eigenvalue weighted by Gasteiger charge is 2.30. The Morgan fingerprint density at radius 1 is 1.21 bits per heavy atom. The van der Waals surface area contributed by atoms with Crippen LogP contribution in [0.4, 0.5) is 0 Å². The van der Waals surface area contributed by atoms with Gasteiger partial charge in [0, 0.05) is 12.1 Å². The van der Waals surface area contributed by atoms with Gasteiger partial charge in [0.05, 0.1) is 14.2 Å². The summed E-state index contributed by atoms with van der Waals surface area (Å²) in [4.78, 5) is 0. The number of benzene rings is 1. The van der Waals surface area contributed by atoms with Crippen LogP contribution >= 0.6 is 0 Å². The van der Waals surface area contributed by atoms with E-state index in [1.165, 1.54) is 24.8 Å². The van der Waals surface area contributed by atoms with Gasteiger partial charge < -0.3 is 14.8 Å². The van der Waals surface area contributed by atoms with E-state index in [0.717, 1.165) is 17.4 Å². The Kier molecular flexibility index (Phi) is 4.70. The molecule has 2 unspecified atom stereocenters. The average Bonchev–Trinajstić information content (AvgIpc) is 3.28. The van der Waals surface area contributed by atoms with Crippen molar-refractivity contribution in [1.82, 2.24) is 5.32 Å². The predicted octanol–water partition coefficient (Wildman–Crippen LogP) is 3.54. The minimum absolute atomic E-state index is 0.338. The van der Waals surface area contributed by atoms with Gasteiger partial charge in [0.2, 0.25) is 0 Å². The fourth-order valence-corrected chi connectivity index (χ4v) is 2.63. The predicted molar refractivity (Wildman–Crippen MR) is 77.9 cm³/mol. The normalized spacial score (nSPS) is 17.9. The van der Waals surface area contributed by atoms with Crippen LogP contribution in [0.15, 0.2) is 18.2 Å². The number of hydrogen-bond donors (Lipinski definition) is 1. The molecule has 1 aromatic rings. The summed E-state index contributed by atoms with van der Waals surface area (Å²) in [6, 6.07) is 7.13. The standard InChI is InChI=1S/C16H25NO2/c1-5-14(12-6-7-12)17-11(2)13-8-9-15(18-3)16(10-13)19-4/h8-12,14,17H,5-7H2,1-4H3. The van der Waals surface area contributed by atoms with Crippen molar-refractivity contribution in [2.24, 2.45) is 5.92 Å². The first-order valence-electron chi connectivity index (χ1n) is 7.17. The smallest absolute Gasteiger partial charge is 0.161 e. The minimum Gasteiger partial charge on any atom is -0.493 e. The van der Waals surface area contributed by atoms with E-state index < -0.39 is 0 Å². The van der Waals surface area contributed by atoms with E-state index in [9.17, 15) is 0 Å². The van der Waals surface area contributed by atoms with Gasteiger partial charge >= 0.3 is 0 Å². The molecular formula is C16H25NO2. The fourth-order valence-electron chi connectivity index (χ4n) is 2.63. The van der Waals surface area contributed by atoms with Gasteiger partial charge in [0.25, 0.3) is 0 Å². The molecule has 1 N–H and O–H groups in total. The maximum absolute atomic E-state index is 5.37. The third-order valence-electron chi connectivity index (χ3n) is 4.00. The molecule has 0 bridgehead atoms. The van der Waals surface area contributed by atoms with Crippen molar-refractivity contribution in [3.05, 3.63) is 23.8 Å². The molecule has 0 amide bonds. The van der Waals surface area contributed by atoms with E-state index in [1.54, 1.807) is 14.2 Å². The molecule has 2 rings (SSSR count). The maximum Gasteiger partial charge on any atom is 0.161 e. The lowest BCUT2D eigenvalue weighted by Gasteiger charge is -2.23. The van der Waals surface area contributed by atoms with Crippen LogP contribution in [-0.4, -0.2) is 20.3 Å². The molecule has 2 atom stereocenters. The molecule has 19 heavy (non-hydrogen) atoms. The Morgan fingerprint density at radius 3 is 2.42 bits per heavy atom. The van der Waals surface area contributed by atoms with Crippen molar-refractivity contribution in [1.29, 1.82) is 0 Å². The van der Waals surface area contributed by atoms with Gasteiger partial charge in [-0.2, -0.15) is 0 Å². The monoisotopic (exact) mass is 263 g/mol. The van der Waals surface area contributed by atoms with Crippen LogP contribution in [0.25, 0.3) is 0 Å². The van der Waals surface area contributed by atoms with E-state index in [0.29, 0.717) is 12.1 Å². The van der Waals surface area contributed by atoms with E-state index in [-0.39, 0.29) is 0 Å². The van der Waals surface area contributed by atoms with Gasteiger partial charge in [-0.1, -0.05) is 13.0 Å². The molecule has 0 radical (unpaired) electrons. The number of ether oxygens (including phenoxy) is 2. The molecule has 1 fully saturated rings. The minimum atomic E-state index is 0.338. The third-order valence-corrected chi connectivity index (χ3v) is 4.00. The molecule has 0 saturated heterocycles. The van der Waals surface area contributed by atoms with Crippen LogP contribution in [0.2, 0.25) is 0 Å². The SMILES string of the molecule is CCC(NC(C)c1ccc(OC)c(OC)c1)C1CC1. The second kappa shape index (κ2) is 6.29. The van der Waals surface area contributed by atoms with E-state index in [4.69, 9.17) is 9.47 Å². The van der Waals surface area contributed by atoms with Crippen LogP contribution in [-0.2, 0) is 0 Å². The zero-order valence-electron chi connectivity index (χ0n) is 12.4. The summed E-state index contributed by atoms with van der Waals surface area (Å²) >= 11 is 0. The van der Waals surface area contributed by atoms with E-state index in [2.05, 4.69) is 31.3 Å². The first kappa shape index (κ1) is 14.2. The molecule has 1 aliphatic rings. The second-order valence-electron chi connectivity index (χ2n) is 5.35. The van der Waals surface area contributed by atoms with Crippen LogP contribution in [0.3, 0.4) is 0 Å². The zero-order chi connectivity index (χ0) is 13.8. The third kappa shape index (κ3) is 3.41. The fraction of sp³-hybridized carbons (Fsp3) is 0.625. The highest BCUT2D eigenvalue weighted by atomic mass is 16.5. The molecule has 1 aromatic carbocycles. The quantitative estimate of drug-likeness (QED) is 0.816. The first-order chi connectivity index (χ1) is 9.19. The Balaban J connectivity index is 2.07. The van der Waals surface area contributed by atoms with Gasteiger partial charge in [-0.05, 0) is 49.8 Å². The summed E-state index contributed by atoms with van der Waals surface area (Å²) in [5.41, 5.74) is 1.25. The lowest BCUT2D eigenvalue weighted by Crippen LogP contribution is -2.32. The summed E-state index contributed by atoms with van der Waals surface area (Å²) in [7, 11) is 3.35. The van der Waals surface area contributed by atoms with Gasteiger partial charge in [0.15, 0.2) is 11.5 Å². The number of nitrogens with one attached hydrogen (secondary N) is 1. The molecule has 3 nitrogen and oxygen atoms in total. The van der Waals surface area contributed by atoms with Gasteiger partial charge in [-0.3, -0.25) is 0 Å². The zero-order valence-corrected chi connectivity index (χ0v) is 12.4. The molecule has 106 valence electrons. The highest BCUT2D eigenvalue weighted by molar-refractivity contribution is 5.43. The lowest BCUT2D eigenvalue weighted by molar-refractivity contribution is 0.352. The Morgan fingerprint density at radius 2 is 1.89 bits per heavy atom. The van der Waals surface area contributed by atoms with Crippen molar-refractivity contribution in [3.63, 3.8) is 0 Å². The second-order valence-corrected chi connectivity index (χ2v) is 5.35. The topological polar surface area (TPSA) is 30.5 Å². The molecule has 0 aliphatic heterocycles. The summed E-state index contributed by atoms with van der Waals surface area (Å²) in [5, 5.41) is 3.74. The Labute approximate surface area is 116 Å². The van der Waals surface area contributed by atoms with Gasteiger partial charge in [-0.25, -0.2) is 0 Å². The first-order valence-corrected chi connectivity index (χ1v) is 7.17. The summed E-state index contributed by atoms with van der Waals surface area (Å²) in [5.74, 6) is 2.47. The average molecular weight is 263 g/mol. The molecule has 0 heterocycles. The van der Waals surface area contributed by atoms with Crippen LogP contribution in [0.1, 0.15) is 44.7 Å². The van der Waals surface area contributed by atoms with E-state index >= 15 is 0 Å². The lowest BCUT2D eigenvalue weighted by atomic mass is 10.0. The van der Waals surface area contributed by atoms with Gasteiger partial charge in [0.1, 0.15) is 0 Å². The van der Waals surface area contributed by atoms with Crippen molar-refractivity contribution in [2.45, 2.75) is 45.2 Å². The van der Waals surface area contributed by atoms with Crippen molar-refractivity contribution < 1.29 is 9.47 Å². The number of hydrogen-bond acceptors (Lipinski definition) is 3. The number of rotatable bonds is 7. The summed E-state index contributed by atoms with van der Waals surface area (Å²) in [6.45, 7) is 4.48. The van der Waals surface area contributed by atoms with Crippen LogP contribution < -0.4 is 14.8 Å². The highest BCUT2D eigenvalue weighted by Crippen LogP contribution is 2.36. The van der Waals surface area contributed by atoms with Crippen molar-refractivity contribution >= 4 is 0 Å². The molecule has 3 heteroatoms. The van der Waals surface area contributed by atoms with E-state index in [1.807, 2.05) is 6.07 Å². The van der Waals surface area contributed by atoms with Crippen LogP contribution in [0.5, 0.6) is 11.5 Å². The molecule has 0 spiro atoms. The summed E-state index contributed by atoms with van der Waals surface area (Å²) < 4.78 is 10.6. The van der Waals surface area contributed by atoms with Crippen molar-refractivity contribution in [2.75, 3.05) is 14.2 Å². The molecule has 1 aliphatic carbocycles.